The molecule has 1 aliphatic heterocycles. The highest BCUT2D eigenvalue weighted by atomic mass is 32.2. The third kappa shape index (κ3) is 4.91. The predicted molar refractivity (Wildman–Crippen MR) is 100 cm³/mol. The van der Waals surface area contributed by atoms with E-state index in [9.17, 15) is 9.18 Å². The monoisotopic (exact) mass is 375 g/mol. The van der Waals surface area contributed by atoms with Gasteiger partial charge in [0.1, 0.15) is 17.3 Å². The van der Waals surface area contributed by atoms with E-state index in [1.54, 1.807) is 30.0 Å². The van der Waals surface area contributed by atoms with Gasteiger partial charge in [0.15, 0.2) is 6.61 Å². The molecule has 4 nitrogen and oxygen atoms in total. The van der Waals surface area contributed by atoms with Crippen LogP contribution in [0.3, 0.4) is 0 Å². The summed E-state index contributed by atoms with van der Waals surface area (Å²) in [4.78, 5) is 13.2. The lowest BCUT2D eigenvalue weighted by Gasteiger charge is -2.26. The summed E-state index contributed by atoms with van der Waals surface area (Å²) in [6.07, 6.45) is 1.72. The lowest BCUT2D eigenvalue weighted by molar-refractivity contribution is -0.123. The molecular weight excluding hydrogens is 353 g/mol. The van der Waals surface area contributed by atoms with Crippen LogP contribution in [0.5, 0.6) is 11.5 Å². The molecule has 0 spiro atoms. The average molecular weight is 375 g/mol. The molecule has 0 fully saturated rings. The van der Waals surface area contributed by atoms with Crippen molar-refractivity contribution < 1.29 is 18.7 Å². The van der Waals surface area contributed by atoms with Crippen molar-refractivity contribution in [1.82, 2.24) is 5.32 Å². The van der Waals surface area contributed by atoms with Crippen LogP contribution >= 0.6 is 11.8 Å². The Balaban J connectivity index is 1.53. The van der Waals surface area contributed by atoms with Gasteiger partial charge in [-0.25, -0.2) is 4.39 Å². The summed E-state index contributed by atoms with van der Waals surface area (Å²) < 4.78 is 24.6. The molecule has 1 N–H and O–H groups in total. The molecule has 0 aromatic heterocycles. The molecule has 26 heavy (non-hydrogen) atoms. The Hall–Kier alpha value is -2.21. The van der Waals surface area contributed by atoms with Crippen LogP contribution in [-0.4, -0.2) is 24.9 Å². The molecule has 2 aromatic carbocycles. The molecule has 6 heteroatoms. The first-order valence-corrected chi connectivity index (χ1v) is 9.71. The lowest BCUT2D eigenvalue weighted by atomic mass is 10.0. The summed E-state index contributed by atoms with van der Waals surface area (Å²) in [5.41, 5.74) is 0.840. The van der Waals surface area contributed by atoms with E-state index >= 15 is 0 Å². The minimum absolute atomic E-state index is 0.0799. The van der Waals surface area contributed by atoms with Gasteiger partial charge in [0.25, 0.3) is 5.91 Å². The maximum absolute atomic E-state index is 13.5. The molecule has 138 valence electrons. The van der Waals surface area contributed by atoms with Crippen molar-refractivity contribution >= 4 is 17.7 Å². The SMILES string of the molecule is CCCOc1ccc(OCC(=O)NC2CCSc3ccc(F)cc32)cc1. The fourth-order valence-corrected chi connectivity index (χ4v) is 3.86. The van der Waals surface area contributed by atoms with E-state index in [4.69, 9.17) is 9.47 Å². The Morgan fingerprint density at radius 2 is 1.92 bits per heavy atom. The van der Waals surface area contributed by atoms with Crippen LogP contribution in [0.4, 0.5) is 4.39 Å². The predicted octanol–water partition coefficient (Wildman–Crippen LogP) is 4.35. The van der Waals surface area contributed by atoms with Gasteiger partial charge in [-0.1, -0.05) is 6.92 Å². The van der Waals surface area contributed by atoms with E-state index in [-0.39, 0.29) is 24.4 Å². The van der Waals surface area contributed by atoms with E-state index in [2.05, 4.69) is 5.32 Å². The molecule has 1 amide bonds. The van der Waals surface area contributed by atoms with E-state index in [1.807, 2.05) is 19.1 Å². The molecule has 0 aliphatic carbocycles. The van der Waals surface area contributed by atoms with Crippen LogP contribution in [0.15, 0.2) is 47.4 Å². The minimum Gasteiger partial charge on any atom is -0.494 e. The summed E-state index contributed by atoms with van der Waals surface area (Å²) in [6, 6.07) is 11.7. The zero-order chi connectivity index (χ0) is 18.4. The van der Waals surface area contributed by atoms with Crippen LogP contribution < -0.4 is 14.8 Å². The maximum atomic E-state index is 13.5. The average Bonchev–Trinajstić information content (AvgIpc) is 2.66. The number of hydrogen-bond acceptors (Lipinski definition) is 4. The first-order valence-electron chi connectivity index (χ1n) is 8.73. The largest absolute Gasteiger partial charge is 0.494 e. The molecule has 2 aromatic rings. The van der Waals surface area contributed by atoms with E-state index in [0.29, 0.717) is 12.4 Å². The number of benzene rings is 2. The number of ether oxygens (including phenoxy) is 2. The van der Waals surface area contributed by atoms with Gasteiger partial charge in [-0.15, -0.1) is 11.8 Å². The number of amides is 1. The quantitative estimate of drug-likeness (QED) is 0.782. The van der Waals surface area contributed by atoms with Gasteiger partial charge in [0, 0.05) is 10.6 Å². The summed E-state index contributed by atoms with van der Waals surface area (Å²) in [5, 5.41) is 2.94. The zero-order valence-corrected chi connectivity index (χ0v) is 15.5. The molecule has 0 radical (unpaired) electrons. The van der Waals surface area contributed by atoms with Gasteiger partial charge in [0.2, 0.25) is 0 Å². The van der Waals surface area contributed by atoms with Crippen molar-refractivity contribution in [3.63, 3.8) is 0 Å². The zero-order valence-electron chi connectivity index (χ0n) is 14.7. The van der Waals surface area contributed by atoms with E-state index in [1.165, 1.54) is 12.1 Å². The second-order valence-electron chi connectivity index (χ2n) is 6.05. The van der Waals surface area contributed by atoms with Gasteiger partial charge >= 0.3 is 0 Å². The highest BCUT2D eigenvalue weighted by molar-refractivity contribution is 7.99. The Bertz CT molecular complexity index is 751. The Morgan fingerprint density at radius 1 is 1.19 bits per heavy atom. The first-order chi connectivity index (χ1) is 12.7. The number of halogens is 1. The topological polar surface area (TPSA) is 47.6 Å². The maximum Gasteiger partial charge on any atom is 0.258 e. The van der Waals surface area contributed by atoms with Gasteiger partial charge in [-0.2, -0.15) is 0 Å². The van der Waals surface area contributed by atoms with Crippen LogP contribution in [0.25, 0.3) is 0 Å². The van der Waals surface area contributed by atoms with E-state index in [0.717, 1.165) is 34.8 Å². The van der Waals surface area contributed by atoms with Crippen molar-refractivity contribution in [1.29, 1.82) is 0 Å². The van der Waals surface area contributed by atoms with Gasteiger partial charge < -0.3 is 14.8 Å². The van der Waals surface area contributed by atoms with Gasteiger partial charge in [-0.05, 0) is 60.9 Å². The number of carbonyl (C=O) groups excluding carboxylic acids is 1. The fourth-order valence-electron chi connectivity index (χ4n) is 2.75. The number of rotatable bonds is 7. The van der Waals surface area contributed by atoms with Crippen molar-refractivity contribution in [2.24, 2.45) is 0 Å². The molecular formula is C20H22FNO3S. The van der Waals surface area contributed by atoms with Crippen LogP contribution in [0.1, 0.15) is 31.4 Å². The number of thioether (sulfide) groups is 1. The number of nitrogens with one attached hydrogen (secondary N) is 1. The van der Waals surface area contributed by atoms with Crippen molar-refractivity contribution in [2.45, 2.75) is 30.7 Å². The molecule has 1 aliphatic rings. The molecule has 1 unspecified atom stereocenters. The fraction of sp³-hybridized carbons (Fsp3) is 0.350. The Labute approximate surface area is 157 Å². The summed E-state index contributed by atoms with van der Waals surface area (Å²) in [5.74, 6) is 1.77. The number of hydrogen-bond donors (Lipinski definition) is 1. The summed E-state index contributed by atoms with van der Waals surface area (Å²) in [7, 11) is 0. The standard InChI is InChI=1S/C20H22FNO3S/c1-2-10-24-15-4-6-16(7-5-15)25-13-20(23)22-18-9-11-26-19-8-3-14(21)12-17(18)19/h3-8,12,18H,2,9-11,13H2,1H3,(H,22,23). The Morgan fingerprint density at radius 3 is 2.65 bits per heavy atom. The van der Waals surface area contributed by atoms with Gasteiger partial charge in [0.05, 0.1) is 12.6 Å². The Kier molecular flexibility index (Phi) is 6.39. The minimum atomic E-state index is -0.285. The van der Waals surface area contributed by atoms with Crippen molar-refractivity contribution in [3.05, 3.63) is 53.8 Å². The first kappa shape index (κ1) is 18.6. The van der Waals surface area contributed by atoms with Crippen LogP contribution in [-0.2, 0) is 4.79 Å². The van der Waals surface area contributed by atoms with E-state index < -0.39 is 0 Å². The van der Waals surface area contributed by atoms with Crippen molar-refractivity contribution in [3.8, 4) is 11.5 Å². The number of carbonyl (C=O) groups is 1. The number of fused-ring (bicyclic) bond motifs is 1. The second kappa shape index (κ2) is 8.94. The molecule has 1 atom stereocenters. The third-order valence-corrected chi connectivity index (χ3v) is 5.14. The molecule has 3 rings (SSSR count). The van der Waals surface area contributed by atoms with Crippen LogP contribution in [0.2, 0.25) is 0 Å². The van der Waals surface area contributed by atoms with Gasteiger partial charge in [-0.3, -0.25) is 4.79 Å². The third-order valence-electron chi connectivity index (χ3n) is 4.01. The molecule has 1 heterocycles. The smallest absolute Gasteiger partial charge is 0.258 e. The van der Waals surface area contributed by atoms with Crippen LogP contribution in [0, 0.1) is 5.82 Å². The summed E-state index contributed by atoms with van der Waals surface area (Å²) in [6.45, 7) is 2.64. The molecule has 0 saturated carbocycles. The van der Waals surface area contributed by atoms with Crippen molar-refractivity contribution in [2.75, 3.05) is 19.0 Å². The highest BCUT2D eigenvalue weighted by Gasteiger charge is 2.23. The summed E-state index contributed by atoms with van der Waals surface area (Å²) >= 11 is 1.68. The second-order valence-corrected chi connectivity index (χ2v) is 7.18. The molecule has 0 saturated heterocycles. The normalized spacial score (nSPS) is 15.8. The molecule has 0 bridgehead atoms. The highest BCUT2D eigenvalue weighted by Crippen LogP contribution is 2.36. The lowest BCUT2D eigenvalue weighted by Crippen LogP contribution is -2.34.